The highest BCUT2D eigenvalue weighted by Gasteiger charge is 2.41. The van der Waals surface area contributed by atoms with Gasteiger partial charge >= 0.3 is 5.97 Å². The topological polar surface area (TPSA) is 26.3 Å². The molecule has 2 nitrogen and oxygen atoms in total. The van der Waals surface area contributed by atoms with Crippen LogP contribution in [0.4, 0.5) is 0 Å². The van der Waals surface area contributed by atoms with Crippen molar-refractivity contribution in [3.8, 4) is 0 Å². The van der Waals surface area contributed by atoms with Crippen molar-refractivity contribution in [3.05, 3.63) is 0 Å². The van der Waals surface area contributed by atoms with Gasteiger partial charge in [-0.15, -0.1) is 0 Å². The molecule has 2 aliphatic carbocycles. The first-order valence-corrected chi connectivity index (χ1v) is 4.89. The summed E-state index contributed by atoms with van der Waals surface area (Å²) in [5, 5.41) is 0. The normalized spacial score (nSPS) is 38.6. The van der Waals surface area contributed by atoms with Gasteiger partial charge in [0, 0.05) is 6.92 Å². The molecule has 2 fully saturated rings. The number of hydrogen-bond donors (Lipinski definition) is 0. The average molecular weight is 168 g/mol. The maximum atomic E-state index is 10.6. The Bertz CT molecular complexity index is 188. The van der Waals surface area contributed by atoms with Crippen molar-refractivity contribution < 1.29 is 9.53 Å². The molecule has 0 aromatic rings. The molecule has 2 rings (SSSR count). The van der Waals surface area contributed by atoms with E-state index in [9.17, 15) is 4.79 Å². The van der Waals surface area contributed by atoms with Crippen LogP contribution >= 0.6 is 0 Å². The molecule has 0 bridgehead atoms. The zero-order valence-electron chi connectivity index (χ0n) is 7.58. The van der Waals surface area contributed by atoms with Crippen molar-refractivity contribution >= 4 is 5.97 Å². The van der Waals surface area contributed by atoms with Crippen LogP contribution in [-0.4, -0.2) is 12.6 Å². The summed E-state index contributed by atoms with van der Waals surface area (Å²) >= 11 is 0. The van der Waals surface area contributed by atoms with Gasteiger partial charge in [0.2, 0.25) is 0 Å². The van der Waals surface area contributed by atoms with Crippen LogP contribution < -0.4 is 0 Å². The summed E-state index contributed by atoms with van der Waals surface area (Å²) in [6, 6.07) is 0. The lowest BCUT2D eigenvalue weighted by molar-refractivity contribution is -0.142. The molecule has 0 aromatic carbocycles. The average Bonchev–Trinajstić information content (AvgIpc) is 2.78. The van der Waals surface area contributed by atoms with E-state index in [2.05, 4.69) is 0 Å². The summed E-state index contributed by atoms with van der Waals surface area (Å²) in [6.45, 7) is 2.15. The molecule has 0 radical (unpaired) electrons. The van der Waals surface area contributed by atoms with E-state index >= 15 is 0 Å². The maximum Gasteiger partial charge on any atom is 0.302 e. The van der Waals surface area contributed by atoms with E-state index in [0.29, 0.717) is 12.5 Å². The third-order valence-electron chi connectivity index (χ3n) is 3.17. The van der Waals surface area contributed by atoms with Crippen molar-refractivity contribution in [1.29, 1.82) is 0 Å². The molecule has 3 atom stereocenters. The van der Waals surface area contributed by atoms with E-state index in [-0.39, 0.29) is 5.97 Å². The molecule has 0 amide bonds. The van der Waals surface area contributed by atoms with Crippen molar-refractivity contribution in [2.45, 2.75) is 32.6 Å². The summed E-state index contributed by atoms with van der Waals surface area (Å²) in [7, 11) is 0. The number of carbonyl (C=O) groups is 1. The molecule has 12 heavy (non-hydrogen) atoms. The molecule has 0 N–H and O–H groups in total. The minimum Gasteiger partial charge on any atom is -0.466 e. The van der Waals surface area contributed by atoms with E-state index in [1.54, 1.807) is 0 Å². The highest BCUT2D eigenvalue weighted by Crippen LogP contribution is 2.51. The van der Waals surface area contributed by atoms with Crippen molar-refractivity contribution in [2.75, 3.05) is 6.61 Å². The smallest absolute Gasteiger partial charge is 0.302 e. The van der Waals surface area contributed by atoms with Crippen LogP contribution in [0.15, 0.2) is 0 Å². The van der Waals surface area contributed by atoms with E-state index in [0.717, 1.165) is 11.8 Å². The number of fused-ring (bicyclic) bond motifs is 1. The molecule has 3 unspecified atom stereocenters. The highest BCUT2D eigenvalue weighted by molar-refractivity contribution is 5.65. The Balaban J connectivity index is 1.70. The van der Waals surface area contributed by atoms with Gasteiger partial charge in [0.15, 0.2) is 0 Å². The Morgan fingerprint density at radius 2 is 2.17 bits per heavy atom. The summed E-state index contributed by atoms with van der Waals surface area (Å²) in [5.41, 5.74) is 0. The van der Waals surface area contributed by atoms with Crippen LogP contribution in [0, 0.1) is 17.8 Å². The van der Waals surface area contributed by atoms with Gasteiger partial charge in [-0.05, 0) is 43.4 Å². The van der Waals surface area contributed by atoms with Gasteiger partial charge in [-0.2, -0.15) is 0 Å². The molecule has 2 saturated carbocycles. The predicted molar refractivity (Wildman–Crippen MR) is 45.6 cm³/mol. The summed E-state index contributed by atoms with van der Waals surface area (Å²) in [6.07, 6.45) is 5.39. The fourth-order valence-corrected chi connectivity index (χ4v) is 2.33. The Morgan fingerprint density at radius 1 is 1.33 bits per heavy atom. The van der Waals surface area contributed by atoms with E-state index in [1.807, 2.05) is 0 Å². The van der Waals surface area contributed by atoms with E-state index in [1.165, 1.54) is 32.6 Å². The maximum absolute atomic E-state index is 10.6. The van der Waals surface area contributed by atoms with Gasteiger partial charge in [0.25, 0.3) is 0 Å². The molecule has 68 valence electrons. The van der Waals surface area contributed by atoms with Crippen LogP contribution in [0.1, 0.15) is 32.6 Å². The minimum absolute atomic E-state index is 0.132. The Kier molecular flexibility index (Phi) is 2.07. The number of carbonyl (C=O) groups excluding carboxylic acids is 1. The first kappa shape index (κ1) is 8.09. The number of rotatable bonds is 2. The monoisotopic (exact) mass is 168 g/mol. The molecule has 0 aromatic heterocycles. The van der Waals surface area contributed by atoms with Gasteiger partial charge in [-0.25, -0.2) is 0 Å². The molecule has 0 saturated heterocycles. The molecular formula is C10H16O2. The first-order chi connectivity index (χ1) is 5.75. The number of hydrogen-bond acceptors (Lipinski definition) is 2. The summed E-state index contributed by atoms with van der Waals surface area (Å²) in [5.74, 6) is 2.56. The van der Waals surface area contributed by atoms with E-state index in [4.69, 9.17) is 4.74 Å². The van der Waals surface area contributed by atoms with Gasteiger partial charge in [0.1, 0.15) is 0 Å². The van der Waals surface area contributed by atoms with Gasteiger partial charge in [-0.3, -0.25) is 4.79 Å². The third-order valence-corrected chi connectivity index (χ3v) is 3.17. The second kappa shape index (κ2) is 3.08. The zero-order valence-corrected chi connectivity index (χ0v) is 7.58. The first-order valence-electron chi connectivity index (χ1n) is 4.89. The van der Waals surface area contributed by atoms with Crippen molar-refractivity contribution in [1.82, 2.24) is 0 Å². The van der Waals surface area contributed by atoms with Crippen LogP contribution in [0.3, 0.4) is 0 Å². The Labute approximate surface area is 73.3 Å². The second-order valence-electron chi connectivity index (χ2n) is 4.24. The van der Waals surface area contributed by atoms with Crippen LogP contribution in [0.5, 0.6) is 0 Å². The quantitative estimate of drug-likeness (QED) is 0.589. The summed E-state index contributed by atoms with van der Waals surface area (Å²) in [4.78, 5) is 10.6. The number of ether oxygens (including phenoxy) is 1. The minimum atomic E-state index is -0.132. The largest absolute Gasteiger partial charge is 0.466 e. The lowest BCUT2D eigenvalue weighted by atomic mass is 9.90. The van der Waals surface area contributed by atoms with Crippen molar-refractivity contribution in [3.63, 3.8) is 0 Å². The Morgan fingerprint density at radius 3 is 2.83 bits per heavy atom. The fourth-order valence-electron chi connectivity index (χ4n) is 2.33. The molecule has 0 spiro atoms. The molecular weight excluding hydrogens is 152 g/mol. The second-order valence-corrected chi connectivity index (χ2v) is 4.24. The fraction of sp³-hybridized carbons (Fsp3) is 0.900. The zero-order chi connectivity index (χ0) is 8.55. The van der Waals surface area contributed by atoms with Crippen LogP contribution in [-0.2, 0) is 9.53 Å². The standard InChI is InChI=1S/C10H16O2/c1-7(11)12-6-8-2-3-9-5-10(9)4-8/h8-10H,2-6H2,1H3. The van der Waals surface area contributed by atoms with Crippen LogP contribution in [0.25, 0.3) is 0 Å². The lowest BCUT2D eigenvalue weighted by Gasteiger charge is -2.20. The molecule has 2 aliphatic rings. The molecule has 2 heteroatoms. The third kappa shape index (κ3) is 1.79. The lowest BCUT2D eigenvalue weighted by Crippen LogP contribution is -2.16. The van der Waals surface area contributed by atoms with E-state index < -0.39 is 0 Å². The van der Waals surface area contributed by atoms with Gasteiger partial charge < -0.3 is 4.74 Å². The van der Waals surface area contributed by atoms with Gasteiger partial charge in [0.05, 0.1) is 6.61 Å². The summed E-state index contributed by atoms with van der Waals surface area (Å²) < 4.78 is 5.01. The van der Waals surface area contributed by atoms with Gasteiger partial charge in [-0.1, -0.05) is 0 Å². The highest BCUT2D eigenvalue weighted by atomic mass is 16.5. The molecule has 0 aliphatic heterocycles. The Hall–Kier alpha value is -0.530. The van der Waals surface area contributed by atoms with Crippen LogP contribution in [0.2, 0.25) is 0 Å². The molecule has 0 heterocycles. The number of esters is 1. The van der Waals surface area contributed by atoms with Crippen molar-refractivity contribution in [2.24, 2.45) is 17.8 Å². The predicted octanol–water partition coefficient (Wildman–Crippen LogP) is 1.99. The SMILES string of the molecule is CC(=O)OCC1CCC2CC2C1.